The van der Waals surface area contributed by atoms with Gasteiger partial charge in [0.05, 0.1) is 5.69 Å². The number of hydrogen-bond donors (Lipinski definition) is 2. The average molecular weight is 169 g/mol. The van der Waals surface area contributed by atoms with Crippen LogP contribution in [-0.2, 0) is 0 Å². The van der Waals surface area contributed by atoms with Gasteiger partial charge >= 0.3 is 6.03 Å². The molecule has 1 rings (SSSR count). The summed E-state index contributed by atoms with van der Waals surface area (Å²) in [4.78, 5) is 11.7. The molecule has 0 unspecified atom stereocenters. The van der Waals surface area contributed by atoms with Crippen LogP contribution in [0, 0.1) is 6.92 Å². The Bertz CT molecular complexity index is 257. The van der Waals surface area contributed by atoms with Crippen molar-refractivity contribution in [1.82, 2.24) is 5.32 Å². The lowest BCUT2D eigenvalue weighted by molar-refractivity contribution is 0.254. The molecular formula is C7H9N2OS. The lowest BCUT2D eigenvalue weighted by atomic mass is 10.4. The summed E-state index contributed by atoms with van der Waals surface area (Å²) in [6.07, 6.45) is 0. The molecule has 0 bridgehead atoms. The molecule has 0 aliphatic heterocycles. The smallest absolute Gasteiger partial charge is 0.319 e. The van der Waals surface area contributed by atoms with Crippen LogP contribution >= 0.6 is 11.3 Å². The van der Waals surface area contributed by atoms with Crippen molar-refractivity contribution < 1.29 is 4.79 Å². The van der Waals surface area contributed by atoms with E-state index < -0.39 is 0 Å². The van der Waals surface area contributed by atoms with Gasteiger partial charge in [-0.2, -0.15) is 0 Å². The molecule has 2 N–H and O–H groups in total. The highest BCUT2D eigenvalue weighted by atomic mass is 32.1. The third kappa shape index (κ3) is 2.23. The summed E-state index contributed by atoms with van der Waals surface area (Å²) >= 11 is 1.50. The highest BCUT2D eigenvalue weighted by Gasteiger charge is 1.98. The number of carbonyl (C=O) groups excluding carboxylic acids is 1. The zero-order valence-electron chi connectivity index (χ0n) is 6.18. The molecule has 0 saturated heterocycles. The molecule has 0 aromatic carbocycles. The minimum absolute atomic E-state index is 0.206. The van der Waals surface area contributed by atoms with E-state index in [1.807, 2.05) is 11.4 Å². The number of hydrogen-bond acceptors (Lipinski definition) is 2. The summed E-state index contributed by atoms with van der Waals surface area (Å²) in [5, 5.41) is 6.93. The molecule has 2 amide bonds. The van der Waals surface area contributed by atoms with E-state index in [1.54, 1.807) is 7.05 Å². The monoisotopic (exact) mass is 169 g/mol. The third-order valence-corrected chi connectivity index (χ3v) is 1.93. The van der Waals surface area contributed by atoms with Crippen molar-refractivity contribution >= 4 is 23.1 Å². The Labute approximate surface area is 69.4 Å². The Morgan fingerprint density at radius 3 is 2.91 bits per heavy atom. The summed E-state index contributed by atoms with van der Waals surface area (Å²) in [5.74, 6) is 0. The highest BCUT2D eigenvalue weighted by molar-refractivity contribution is 7.10. The largest absolute Gasteiger partial charge is 0.341 e. The quantitative estimate of drug-likeness (QED) is 0.659. The maximum atomic E-state index is 10.8. The molecular weight excluding hydrogens is 160 g/mol. The topological polar surface area (TPSA) is 41.1 Å². The number of anilines is 1. The van der Waals surface area contributed by atoms with E-state index in [4.69, 9.17) is 0 Å². The second-order valence-electron chi connectivity index (χ2n) is 2.01. The summed E-state index contributed by atoms with van der Waals surface area (Å²) in [6, 6.07) is 1.61. The molecule has 0 spiro atoms. The van der Waals surface area contributed by atoms with Gasteiger partial charge in [-0.1, -0.05) is 0 Å². The van der Waals surface area contributed by atoms with Gasteiger partial charge in [-0.05, 0) is 13.0 Å². The van der Waals surface area contributed by atoms with Crippen LogP contribution in [0.15, 0.2) is 11.4 Å². The first-order valence-corrected chi connectivity index (χ1v) is 3.99. The average Bonchev–Trinajstić information content (AvgIpc) is 2.35. The van der Waals surface area contributed by atoms with E-state index in [1.165, 1.54) is 11.3 Å². The predicted octanol–water partition coefficient (Wildman–Crippen LogP) is 1.68. The van der Waals surface area contributed by atoms with Crippen LogP contribution in [0.5, 0.6) is 0 Å². The summed E-state index contributed by atoms with van der Waals surface area (Å²) in [7, 11) is 1.58. The van der Waals surface area contributed by atoms with E-state index in [-0.39, 0.29) is 6.03 Å². The van der Waals surface area contributed by atoms with Gasteiger partial charge in [0.15, 0.2) is 0 Å². The fourth-order valence-electron chi connectivity index (χ4n) is 0.640. The Balaban J connectivity index is 2.57. The Kier molecular flexibility index (Phi) is 2.48. The number of amides is 2. The van der Waals surface area contributed by atoms with Crippen molar-refractivity contribution in [1.29, 1.82) is 0 Å². The molecule has 0 fully saturated rings. The normalized spacial score (nSPS) is 9.27. The van der Waals surface area contributed by atoms with Crippen LogP contribution in [0.3, 0.4) is 0 Å². The molecule has 0 aliphatic rings. The van der Waals surface area contributed by atoms with Crippen LogP contribution in [0.2, 0.25) is 0 Å². The number of urea groups is 1. The number of nitrogens with one attached hydrogen (secondary N) is 2. The van der Waals surface area contributed by atoms with Crippen LogP contribution in [0.1, 0.15) is 4.88 Å². The maximum Gasteiger partial charge on any atom is 0.319 e. The fraction of sp³-hybridized carbons (Fsp3) is 0.143. The van der Waals surface area contributed by atoms with E-state index in [9.17, 15) is 4.79 Å². The lowest BCUT2D eigenvalue weighted by Crippen LogP contribution is -2.24. The summed E-state index contributed by atoms with van der Waals surface area (Å²) < 4.78 is 0. The summed E-state index contributed by atoms with van der Waals surface area (Å²) in [5.41, 5.74) is 0.791. The van der Waals surface area contributed by atoms with Gasteiger partial charge in [-0.3, -0.25) is 0 Å². The Hall–Kier alpha value is -1.03. The molecule has 3 nitrogen and oxygen atoms in total. The van der Waals surface area contributed by atoms with Crippen molar-refractivity contribution in [3.8, 4) is 0 Å². The second kappa shape index (κ2) is 3.39. The molecule has 1 radical (unpaired) electrons. The van der Waals surface area contributed by atoms with Crippen molar-refractivity contribution in [3.05, 3.63) is 23.2 Å². The zero-order chi connectivity index (χ0) is 8.27. The summed E-state index contributed by atoms with van der Waals surface area (Å²) in [6.45, 7) is 3.72. The first kappa shape index (κ1) is 8.07. The number of thiophene rings is 1. The van der Waals surface area contributed by atoms with E-state index in [2.05, 4.69) is 17.6 Å². The van der Waals surface area contributed by atoms with Crippen molar-refractivity contribution in [2.24, 2.45) is 0 Å². The van der Waals surface area contributed by atoms with Gasteiger partial charge in [-0.25, -0.2) is 4.79 Å². The maximum absolute atomic E-state index is 10.8. The minimum atomic E-state index is -0.206. The molecule has 1 heterocycles. The fourth-order valence-corrected chi connectivity index (χ4v) is 1.24. The first-order chi connectivity index (χ1) is 5.22. The van der Waals surface area contributed by atoms with E-state index in [0.717, 1.165) is 10.6 Å². The van der Waals surface area contributed by atoms with Gasteiger partial charge < -0.3 is 10.6 Å². The first-order valence-electron chi connectivity index (χ1n) is 3.11. The van der Waals surface area contributed by atoms with Crippen molar-refractivity contribution in [2.75, 3.05) is 12.4 Å². The van der Waals surface area contributed by atoms with Crippen LogP contribution < -0.4 is 10.6 Å². The molecule has 4 heteroatoms. The number of rotatable bonds is 1. The minimum Gasteiger partial charge on any atom is -0.341 e. The van der Waals surface area contributed by atoms with Gasteiger partial charge in [-0.15, -0.1) is 11.3 Å². The van der Waals surface area contributed by atoms with E-state index in [0.29, 0.717) is 0 Å². The van der Waals surface area contributed by atoms with Gasteiger partial charge in [0.2, 0.25) is 0 Å². The SMILES string of the molecule is [CH2]c1cc(NC(=O)NC)cs1. The standard InChI is InChI=1S/C7H9N2OS/c1-5-3-6(4-11-5)9-7(10)8-2/h3-4H,1H2,2H3,(H2,8,9,10). The van der Waals surface area contributed by atoms with Gasteiger partial charge in [0, 0.05) is 17.3 Å². The second-order valence-corrected chi connectivity index (χ2v) is 3.00. The zero-order valence-corrected chi connectivity index (χ0v) is 6.99. The van der Waals surface area contributed by atoms with Crippen molar-refractivity contribution in [2.45, 2.75) is 0 Å². The highest BCUT2D eigenvalue weighted by Crippen LogP contribution is 2.17. The van der Waals surface area contributed by atoms with Crippen LogP contribution in [0.25, 0.3) is 0 Å². The molecule has 1 aromatic heterocycles. The molecule has 11 heavy (non-hydrogen) atoms. The van der Waals surface area contributed by atoms with Crippen molar-refractivity contribution in [3.63, 3.8) is 0 Å². The van der Waals surface area contributed by atoms with E-state index >= 15 is 0 Å². The van der Waals surface area contributed by atoms with Gasteiger partial charge in [0.1, 0.15) is 0 Å². The Morgan fingerprint density at radius 2 is 2.45 bits per heavy atom. The molecule has 0 aliphatic carbocycles. The molecule has 1 aromatic rings. The molecule has 0 saturated carbocycles. The Morgan fingerprint density at radius 1 is 1.73 bits per heavy atom. The molecule has 0 atom stereocenters. The lowest BCUT2D eigenvalue weighted by Gasteiger charge is -1.98. The number of carbonyl (C=O) groups is 1. The van der Waals surface area contributed by atoms with Crippen LogP contribution in [-0.4, -0.2) is 13.1 Å². The molecule has 59 valence electrons. The van der Waals surface area contributed by atoms with Gasteiger partial charge in [0.25, 0.3) is 0 Å². The third-order valence-electron chi connectivity index (χ3n) is 1.14. The van der Waals surface area contributed by atoms with Crippen LogP contribution in [0.4, 0.5) is 10.5 Å². The predicted molar refractivity (Wildman–Crippen MR) is 46.9 cm³/mol.